The van der Waals surface area contributed by atoms with E-state index in [0.29, 0.717) is 25.0 Å². The number of carbonyl (C=O) groups excluding carboxylic acids is 2. The number of aryl methyl sites for hydroxylation is 2. The largest absolute Gasteiger partial charge is 0.508 e. The second-order valence-corrected chi connectivity index (χ2v) is 10.0. The predicted molar refractivity (Wildman–Crippen MR) is 139 cm³/mol. The number of benzene rings is 2. The van der Waals surface area contributed by atoms with Crippen LogP contribution in [0.3, 0.4) is 0 Å². The van der Waals surface area contributed by atoms with Gasteiger partial charge >= 0.3 is 11.9 Å². The zero-order chi connectivity index (χ0) is 27.3. The van der Waals surface area contributed by atoms with E-state index >= 15 is 0 Å². The van der Waals surface area contributed by atoms with Crippen molar-refractivity contribution in [3.63, 3.8) is 0 Å². The normalized spacial score (nSPS) is 12.2. The lowest BCUT2D eigenvalue weighted by Gasteiger charge is -2.27. The van der Waals surface area contributed by atoms with Gasteiger partial charge in [-0.05, 0) is 60.6 Å². The summed E-state index contributed by atoms with van der Waals surface area (Å²) in [7, 11) is 0. The van der Waals surface area contributed by atoms with E-state index in [2.05, 4.69) is 20.8 Å². The number of ether oxygens (including phenoxy) is 4. The molecule has 1 unspecified atom stereocenters. The van der Waals surface area contributed by atoms with Gasteiger partial charge in [-0.1, -0.05) is 39.0 Å². The van der Waals surface area contributed by atoms with Crippen LogP contribution in [0.25, 0.3) is 0 Å². The van der Waals surface area contributed by atoms with Gasteiger partial charge < -0.3 is 29.2 Å². The molecular formula is C29H40O8. The molecule has 0 radical (unpaired) electrons. The lowest BCUT2D eigenvalue weighted by atomic mass is 9.90. The van der Waals surface area contributed by atoms with Crippen molar-refractivity contribution in [3.05, 3.63) is 59.2 Å². The van der Waals surface area contributed by atoms with Crippen molar-refractivity contribution in [1.29, 1.82) is 0 Å². The maximum Gasteiger partial charge on any atom is 0.306 e. The molecule has 204 valence electrons. The third-order valence-corrected chi connectivity index (χ3v) is 6.00. The van der Waals surface area contributed by atoms with Crippen LogP contribution in [0.15, 0.2) is 42.5 Å². The number of rotatable bonds is 15. The number of hydrogen-bond donors (Lipinski definition) is 2. The van der Waals surface area contributed by atoms with Crippen LogP contribution in [0.4, 0.5) is 0 Å². The van der Waals surface area contributed by atoms with E-state index in [-0.39, 0.29) is 74.2 Å². The molecular weight excluding hydrogens is 476 g/mol. The average Bonchev–Trinajstić information content (AvgIpc) is 2.85. The van der Waals surface area contributed by atoms with Gasteiger partial charge in [0.15, 0.2) is 0 Å². The molecule has 0 saturated carbocycles. The van der Waals surface area contributed by atoms with Gasteiger partial charge in [-0.3, -0.25) is 9.59 Å². The Morgan fingerprint density at radius 1 is 0.811 bits per heavy atom. The first-order valence-corrected chi connectivity index (χ1v) is 12.6. The Morgan fingerprint density at radius 3 is 2.00 bits per heavy atom. The van der Waals surface area contributed by atoms with Gasteiger partial charge in [0.1, 0.15) is 24.7 Å². The summed E-state index contributed by atoms with van der Waals surface area (Å²) in [5, 5.41) is 19.4. The smallest absolute Gasteiger partial charge is 0.306 e. The molecule has 0 bridgehead atoms. The first kappa shape index (κ1) is 30.1. The zero-order valence-corrected chi connectivity index (χ0v) is 22.3. The molecule has 0 saturated heterocycles. The number of esters is 2. The molecule has 0 aromatic heterocycles. The molecule has 0 amide bonds. The second-order valence-electron chi connectivity index (χ2n) is 10.0. The van der Waals surface area contributed by atoms with Crippen molar-refractivity contribution in [2.24, 2.45) is 5.41 Å². The fourth-order valence-corrected chi connectivity index (χ4v) is 3.24. The minimum Gasteiger partial charge on any atom is -0.508 e. The summed E-state index contributed by atoms with van der Waals surface area (Å²) in [6, 6.07) is 11.8. The van der Waals surface area contributed by atoms with Gasteiger partial charge in [-0.2, -0.15) is 0 Å². The topological polar surface area (TPSA) is 112 Å². The number of phenolic OH excluding ortho intramolecular Hbond substituents is 2. The molecule has 0 aliphatic heterocycles. The van der Waals surface area contributed by atoms with Gasteiger partial charge in [-0.25, -0.2) is 0 Å². The van der Waals surface area contributed by atoms with Crippen molar-refractivity contribution in [2.75, 3.05) is 26.4 Å². The highest BCUT2D eigenvalue weighted by Gasteiger charge is 2.20. The number of phenols is 2. The summed E-state index contributed by atoms with van der Waals surface area (Å²) >= 11 is 0. The Balaban J connectivity index is 1.62. The third kappa shape index (κ3) is 12.1. The molecule has 2 aromatic rings. The highest BCUT2D eigenvalue weighted by Crippen LogP contribution is 2.22. The first-order valence-electron chi connectivity index (χ1n) is 12.6. The zero-order valence-electron chi connectivity index (χ0n) is 22.3. The first-order chi connectivity index (χ1) is 17.5. The maximum absolute atomic E-state index is 12.0. The predicted octanol–water partition coefficient (Wildman–Crippen LogP) is 4.72. The van der Waals surface area contributed by atoms with Crippen LogP contribution >= 0.6 is 0 Å². The molecule has 2 rings (SSSR count). The van der Waals surface area contributed by atoms with Crippen molar-refractivity contribution >= 4 is 11.9 Å². The van der Waals surface area contributed by atoms with Crippen molar-refractivity contribution in [2.45, 2.75) is 66.1 Å². The molecule has 2 N–H and O–H groups in total. The Hall–Kier alpha value is -3.10. The SMILES string of the molecule is CC(OCCOC(=O)CCc1ccc(O)c(COCCOC(=O)CCc2ccc(O)cc2)c1)C(C)(C)C. The van der Waals surface area contributed by atoms with Crippen molar-refractivity contribution in [1.82, 2.24) is 0 Å². The van der Waals surface area contributed by atoms with Crippen LogP contribution in [0.1, 0.15) is 57.2 Å². The van der Waals surface area contributed by atoms with E-state index in [1.165, 1.54) is 0 Å². The Kier molecular flexibility index (Phi) is 12.4. The van der Waals surface area contributed by atoms with E-state index < -0.39 is 0 Å². The standard InChI is InChI=1S/C29H40O8/c1-21(29(2,3)4)35-17-18-37-28(33)14-9-23-7-12-26(31)24(19-23)20-34-15-16-36-27(32)13-8-22-5-10-25(30)11-6-22/h5-7,10-12,19,21,30-31H,8-9,13-18,20H2,1-4H3. The number of hydrogen-bond acceptors (Lipinski definition) is 8. The fourth-order valence-electron chi connectivity index (χ4n) is 3.24. The van der Waals surface area contributed by atoms with E-state index in [0.717, 1.165) is 11.1 Å². The summed E-state index contributed by atoms with van der Waals surface area (Å²) in [5.41, 5.74) is 2.44. The lowest BCUT2D eigenvalue weighted by Crippen LogP contribution is -2.27. The average molecular weight is 517 g/mol. The van der Waals surface area contributed by atoms with E-state index in [9.17, 15) is 19.8 Å². The summed E-state index contributed by atoms with van der Waals surface area (Å²) in [6.07, 6.45) is 1.52. The highest BCUT2D eigenvalue weighted by atomic mass is 16.6. The molecule has 0 aliphatic carbocycles. The van der Waals surface area contributed by atoms with Gasteiger partial charge in [0.25, 0.3) is 0 Å². The highest BCUT2D eigenvalue weighted by molar-refractivity contribution is 5.70. The van der Waals surface area contributed by atoms with Crippen LogP contribution < -0.4 is 0 Å². The van der Waals surface area contributed by atoms with Crippen LogP contribution in [0, 0.1) is 5.41 Å². The van der Waals surface area contributed by atoms with Gasteiger partial charge in [-0.15, -0.1) is 0 Å². The number of aromatic hydroxyl groups is 2. The van der Waals surface area contributed by atoms with Gasteiger partial charge in [0, 0.05) is 18.4 Å². The minimum atomic E-state index is -0.330. The van der Waals surface area contributed by atoms with E-state index in [1.807, 2.05) is 6.92 Å². The van der Waals surface area contributed by atoms with E-state index in [4.69, 9.17) is 18.9 Å². The van der Waals surface area contributed by atoms with Gasteiger partial charge in [0.2, 0.25) is 0 Å². The second kappa shape index (κ2) is 15.2. The summed E-state index contributed by atoms with van der Waals surface area (Å²) in [4.78, 5) is 23.9. The van der Waals surface area contributed by atoms with Crippen molar-refractivity contribution in [3.8, 4) is 11.5 Å². The molecule has 8 nitrogen and oxygen atoms in total. The van der Waals surface area contributed by atoms with Crippen LogP contribution in [-0.4, -0.2) is 54.7 Å². The molecule has 1 atom stereocenters. The number of carbonyl (C=O) groups is 2. The molecule has 8 heteroatoms. The summed E-state index contributed by atoms with van der Waals surface area (Å²) in [6.45, 7) is 9.32. The van der Waals surface area contributed by atoms with Crippen LogP contribution in [-0.2, 0) is 48.0 Å². The summed E-state index contributed by atoms with van der Waals surface area (Å²) < 4.78 is 21.7. The molecule has 0 aliphatic rings. The van der Waals surface area contributed by atoms with Crippen LogP contribution in [0.5, 0.6) is 11.5 Å². The van der Waals surface area contributed by atoms with Crippen LogP contribution in [0.2, 0.25) is 0 Å². The lowest BCUT2D eigenvalue weighted by molar-refractivity contribution is -0.146. The Morgan fingerprint density at radius 2 is 1.38 bits per heavy atom. The Bertz CT molecular complexity index is 978. The quantitative estimate of drug-likeness (QED) is 0.258. The summed E-state index contributed by atoms with van der Waals surface area (Å²) in [5.74, 6) is -0.346. The van der Waals surface area contributed by atoms with E-state index in [1.54, 1.807) is 42.5 Å². The molecule has 2 aromatic carbocycles. The Labute approximate surface area is 219 Å². The fraction of sp³-hybridized carbons (Fsp3) is 0.517. The molecule has 0 spiro atoms. The third-order valence-electron chi connectivity index (χ3n) is 6.00. The molecule has 0 fully saturated rings. The van der Waals surface area contributed by atoms with Gasteiger partial charge in [0.05, 0.1) is 25.9 Å². The monoisotopic (exact) mass is 516 g/mol. The minimum absolute atomic E-state index is 0.0319. The molecule has 37 heavy (non-hydrogen) atoms. The molecule has 0 heterocycles. The van der Waals surface area contributed by atoms with Crippen molar-refractivity contribution < 1.29 is 38.7 Å². The maximum atomic E-state index is 12.0.